The molecule has 2 N–H and O–H groups in total. The first kappa shape index (κ1) is 17.8. The van der Waals surface area contributed by atoms with Gasteiger partial charge in [0.2, 0.25) is 0 Å². The van der Waals surface area contributed by atoms with Gasteiger partial charge in [0.25, 0.3) is 11.8 Å². The van der Waals surface area contributed by atoms with Crippen molar-refractivity contribution in [3.8, 4) is 0 Å². The summed E-state index contributed by atoms with van der Waals surface area (Å²) in [6, 6.07) is 20.1. The van der Waals surface area contributed by atoms with Crippen molar-refractivity contribution in [2.24, 2.45) is 0 Å². The molecule has 0 saturated heterocycles. The van der Waals surface area contributed by atoms with Crippen molar-refractivity contribution in [3.63, 3.8) is 0 Å². The van der Waals surface area contributed by atoms with Gasteiger partial charge in [0, 0.05) is 17.2 Å². The maximum absolute atomic E-state index is 12.4. The number of anilines is 1. The Hall–Kier alpha value is -2.99. The lowest BCUT2D eigenvalue weighted by molar-refractivity contribution is 0.0957. The molecule has 0 spiro atoms. The summed E-state index contributed by atoms with van der Waals surface area (Å²) in [4.78, 5) is 25.7. The van der Waals surface area contributed by atoms with Gasteiger partial charge in [-0.1, -0.05) is 30.3 Å². The van der Waals surface area contributed by atoms with Crippen LogP contribution < -0.4 is 10.6 Å². The van der Waals surface area contributed by atoms with Gasteiger partial charge in [-0.15, -0.1) is 11.8 Å². The van der Waals surface area contributed by atoms with E-state index in [1.165, 1.54) is 6.26 Å². The van der Waals surface area contributed by atoms with E-state index in [2.05, 4.69) is 10.6 Å². The summed E-state index contributed by atoms with van der Waals surface area (Å²) in [5, 5.41) is 5.59. The van der Waals surface area contributed by atoms with E-state index in [9.17, 15) is 9.59 Å². The number of hydrogen-bond donors (Lipinski definition) is 2. The van der Waals surface area contributed by atoms with Gasteiger partial charge in [-0.25, -0.2) is 0 Å². The molecule has 0 bridgehead atoms. The van der Waals surface area contributed by atoms with Crippen LogP contribution in [-0.2, 0) is 0 Å². The van der Waals surface area contributed by atoms with E-state index in [1.807, 2.05) is 30.3 Å². The van der Waals surface area contributed by atoms with Crippen LogP contribution in [-0.4, -0.2) is 24.1 Å². The quantitative estimate of drug-likeness (QED) is 0.489. The van der Waals surface area contributed by atoms with E-state index in [1.54, 1.807) is 48.2 Å². The number of carbonyl (C=O) groups is 2. The first-order chi connectivity index (χ1) is 12.7. The predicted octanol–water partition coefficient (Wildman–Crippen LogP) is 4.05. The van der Waals surface area contributed by atoms with Gasteiger partial charge in [-0.2, -0.15) is 0 Å². The van der Waals surface area contributed by atoms with Crippen molar-refractivity contribution in [3.05, 3.63) is 84.3 Å². The second-order valence-electron chi connectivity index (χ2n) is 5.39. The molecule has 5 nitrogen and oxygen atoms in total. The second kappa shape index (κ2) is 8.92. The number of amides is 2. The maximum Gasteiger partial charge on any atom is 0.291 e. The number of nitrogens with one attached hydrogen (secondary N) is 2. The predicted molar refractivity (Wildman–Crippen MR) is 103 cm³/mol. The number of furan rings is 1. The molecule has 0 aliphatic heterocycles. The van der Waals surface area contributed by atoms with Gasteiger partial charge in [0.15, 0.2) is 5.76 Å². The third kappa shape index (κ3) is 4.77. The third-order valence-corrected chi connectivity index (χ3v) is 4.58. The minimum atomic E-state index is -0.394. The van der Waals surface area contributed by atoms with E-state index in [0.29, 0.717) is 17.8 Å². The normalized spacial score (nSPS) is 10.3. The van der Waals surface area contributed by atoms with Gasteiger partial charge in [0.05, 0.1) is 17.5 Å². The van der Waals surface area contributed by atoms with Gasteiger partial charge >= 0.3 is 0 Å². The Bertz CT molecular complexity index is 864. The SMILES string of the molecule is O=C(Nc1ccccc1C(=O)NCCSc1ccccc1)c1ccco1. The molecule has 0 fully saturated rings. The van der Waals surface area contributed by atoms with Crippen molar-refractivity contribution in [1.82, 2.24) is 5.32 Å². The Kier molecular flexibility index (Phi) is 6.11. The Morgan fingerprint density at radius 1 is 0.885 bits per heavy atom. The topological polar surface area (TPSA) is 71.3 Å². The van der Waals surface area contributed by atoms with Crippen molar-refractivity contribution in [1.29, 1.82) is 0 Å². The molecule has 132 valence electrons. The van der Waals surface area contributed by atoms with Crippen molar-refractivity contribution < 1.29 is 14.0 Å². The first-order valence-electron chi connectivity index (χ1n) is 8.14. The number of rotatable bonds is 7. The molecule has 0 saturated carbocycles. The van der Waals surface area contributed by atoms with Gasteiger partial charge in [-0.3, -0.25) is 9.59 Å². The minimum Gasteiger partial charge on any atom is -0.459 e. The van der Waals surface area contributed by atoms with Crippen LogP contribution in [0.4, 0.5) is 5.69 Å². The summed E-state index contributed by atoms with van der Waals surface area (Å²) in [6.07, 6.45) is 1.43. The molecular weight excluding hydrogens is 348 g/mol. The van der Waals surface area contributed by atoms with E-state index >= 15 is 0 Å². The fourth-order valence-electron chi connectivity index (χ4n) is 2.33. The zero-order valence-corrected chi connectivity index (χ0v) is 14.8. The molecule has 0 radical (unpaired) electrons. The molecule has 0 unspecified atom stereocenters. The van der Waals surface area contributed by atoms with Crippen LogP contribution in [0.1, 0.15) is 20.9 Å². The Labute approximate surface area is 155 Å². The number of carbonyl (C=O) groups excluding carboxylic acids is 2. The molecule has 0 atom stereocenters. The van der Waals surface area contributed by atoms with Crippen molar-refractivity contribution in [2.45, 2.75) is 4.90 Å². The number of benzene rings is 2. The summed E-state index contributed by atoms with van der Waals surface area (Å²) < 4.78 is 5.07. The third-order valence-electron chi connectivity index (χ3n) is 3.56. The maximum atomic E-state index is 12.4. The number of thioether (sulfide) groups is 1. The molecule has 2 aromatic carbocycles. The summed E-state index contributed by atoms with van der Waals surface area (Å²) in [7, 11) is 0. The lowest BCUT2D eigenvalue weighted by atomic mass is 10.1. The Balaban J connectivity index is 1.56. The average Bonchev–Trinajstić information content (AvgIpc) is 3.21. The molecule has 3 rings (SSSR count). The van der Waals surface area contributed by atoms with Crippen LogP contribution in [0.3, 0.4) is 0 Å². The summed E-state index contributed by atoms with van der Waals surface area (Å²) in [5.41, 5.74) is 0.860. The monoisotopic (exact) mass is 366 g/mol. The molecule has 0 aliphatic carbocycles. The highest BCUT2D eigenvalue weighted by Crippen LogP contribution is 2.18. The summed E-state index contributed by atoms with van der Waals surface area (Å²) >= 11 is 1.67. The summed E-state index contributed by atoms with van der Waals surface area (Å²) in [5.74, 6) is 0.333. The van der Waals surface area contributed by atoms with Gasteiger partial charge < -0.3 is 15.1 Å². The van der Waals surface area contributed by atoms with E-state index < -0.39 is 5.91 Å². The first-order valence-corrected chi connectivity index (χ1v) is 9.12. The highest BCUT2D eigenvalue weighted by molar-refractivity contribution is 7.99. The fourth-order valence-corrected chi connectivity index (χ4v) is 3.12. The van der Waals surface area contributed by atoms with Crippen LogP contribution in [0, 0.1) is 0 Å². The molecule has 26 heavy (non-hydrogen) atoms. The molecule has 3 aromatic rings. The second-order valence-corrected chi connectivity index (χ2v) is 6.56. The summed E-state index contributed by atoms with van der Waals surface area (Å²) in [6.45, 7) is 0.527. The standard InChI is InChI=1S/C20H18N2O3S/c23-19(21-12-14-26-15-7-2-1-3-8-15)16-9-4-5-10-17(16)22-20(24)18-11-6-13-25-18/h1-11,13H,12,14H2,(H,21,23)(H,22,24). The minimum absolute atomic E-state index is 0.194. The zero-order valence-electron chi connectivity index (χ0n) is 14.0. The van der Waals surface area contributed by atoms with Crippen molar-refractivity contribution >= 4 is 29.3 Å². The van der Waals surface area contributed by atoms with Crippen LogP contribution in [0.15, 0.2) is 82.3 Å². The Morgan fingerprint density at radius 3 is 2.42 bits per heavy atom. The zero-order chi connectivity index (χ0) is 18.2. The molecular formula is C20H18N2O3S. The lowest BCUT2D eigenvalue weighted by Crippen LogP contribution is -2.27. The molecule has 0 aliphatic rings. The average molecular weight is 366 g/mol. The molecule has 2 amide bonds. The largest absolute Gasteiger partial charge is 0.459 e. The van der Waals surface area contributed by atoms with Gasteiger partial charge in [0.1, 0.15) is 0 Å². The molecule has 1 heterocycles. The van der Waals surface area contributed by atoms with Crippen molar-refractivity contribution in [2.75, 3.05) is 17.6 Å². The van der Waals surface area contributed by atoms with E-state index in [4.69, 9.17) is 4.42 Å². The number of hydrogen-bond acceptors (Lipinski definition) is 4. The molecule has 1 aromatic heterocycles. The van der Waals surface area contributed by atoms with E-state index in [0.717, 1.165) is 10.6 Å². The number of para-hydroxylation sites is 1. The van der Waals surface area contributed by atoms with Crippen LogP contribution in [0.2, 0.25) is 0 Å². The van der Waals surface area contributed by atoms with Gasteiger partial charge in [-0.05, 0) is 36.4 Å². The van der Waals surface area contributed by atoms with Crippen LogP contribution >= 0.6 is 11.8 Å². The van der Waals surface area contributed by atoms with E-state index in [-0.39, 0.29) is 11.7 Å². The highest BCUT2D eigenvalue weighted by atomic mass is 32.2. The van der Waals surface area contributed by atoms with Crippen LogP contribution in [0.25, 0.3) is 0 Å². The molecule has 6 heteroatoms. The fraction of sp³-hybridized carbons (Fsp3) is 0.100. The lowest BCUT2D eigenvalue weighted by Gasteiger charge is -2.10. The Morgan fingerprint density at radius 2 is 1.65 bits per heavy atom. The smallest absolute Gasteiger partial charge is 0.291 e. The van der Waals surface area contributed by atoms with Crippen LogP contribution in [0.5, 0.6) is 0 Å². The highest BCUT2D eigenvalue weighted by Gasteiger charge is 2.15.